The molecule has 25 heavy (non-hydrogen) atoms. The van der Waals surface area contributed by atoms with E-state index in [-0.39, 0.29) is 17.1 Å². The van der Waals surface area contributed by atoms with Crippen LogP contribution >= 0.6 is 23.2 Å². The van der Waals surface area contributed by atoms with Crippen LogP contribution in [0.5, 0.6) is 5.75 Å². The third-order valence-corrected chi connectivity index (χ3v) is 3.67. The Morgan fingerprint density at radius 3 is 2.64 bits per heavy atom. The second-order valence-electron chi connectivity index (χ2n) is 5.12. The standard InChI is InChI=1S/C17H17Cl2N3O3/c1-11-3-2-4-13(9-11)25-8-7-20-17(24)22-21-16(23)14-10-12(18)5-6-15(14)19/h2-6,9-10H,7-8H2,1H3,(H,21,23)(H2,20,22,24). The van der Waals surface area contributed by atoms with Gasteiger partial charge in [-0.2, -0.15) is 0 Å². The third-order valence-electron chi connectivity index (χ3n) is 3.11. The number of rotatable bonds is 5. The van der Waals surface area contributed by atoms with Gasteiger partial charge < -0.3 is 10.1 Å². The van der Waals surface area contributed by atoms with Crippen LogP contribution in [-0.2, 0) is 0 Å². The number of nitrogens with one attached hydrogen (secondary N) is 3. The molecule has 0 radical (unpaired) electrons. The maximum atomic E-state index is 11.9. The van der Waals surface area contributed by atoms with E-state index in [2.05, 4.69) is 16.2 Å². The van der Waals surface area contributed by atoms with Crippen molar-refractivity contribution in [3.05, 3.63) is 63.6 Å². The zero-order chi connectivity index (χ0) is 18.2. The van der Waals surface area contributed by atoms with Crippen molar-refractivity contribution in [1.82, 2.24) is 16.2 Å². The zero-order valence-electron chi connectivity index (χ0n) is 13.4. The number of amides is 3. The summed E-state index contributed by atoms with van der Waals surface area (Å²) in [6.07, 6.45) is 0. The van der Waals surface area contributed by atoms with E-state index in [4.69, 9.17) is 27.9 Å². The van der Waals surface area contributed by atoms with E-state index < -0.39 is 11.9 Å². The van der Waals surface area contributed by atoms with Gasteiger partial charge in [-0.15, -0.1) is 0 Å². The molecule has 0 saturated heterocycles. The molecule has 2 rings (SSSR count). The lowest BCUT2D eigenvalue weighted by Gasteiger charge is -2.11. The van der Waals surface area contributed by atoms with Crippen LogP contribution in [0.25, 0.3) is 0 Å². The van der Waals surface area contributed by atoms with Gasteiger partial charge in [0.1, 0.15) is 12.4 Å². The Labute approximate surface area is 155 Å². The molecule has 0 bridgehead atoms. The number of halogens is 2. The highest BCUT2D eigenvalue weighted by Gasteiger charge is 2.11. The number of benzene rings is 2. The summed E-state index contributed by atoms with van der Waals surface area (Å²) in [6.45, 7) is 2.53. The number of aryl methyl sites for hydroxylation is 1. The van der Waals surface area contributed by atoms with E-state index in [1.54, 1.807) is 6.07 Å². The number of ether oxygens (including phenoxy) is 1. The Bertz CT molecular complexity index is 769. The smallest absolute Gasteiger partial charge is 0.333 e. The van der Waals surface area contributed by atoms with Crippen molar-refractivity contribution in [3.8, 4) is 5.75 Å². The summed E-state index contributed by atoms with van der Waals surface area (Å²) in [6, 6.07) is 11.5. The van der Waals surface area contributed by atoms with Crippen molar-refractivity contribution < 1.29 is 14.3 Å². The monoisotopic (exact) mass is 381 g/mol. The molecule has 0 aromatic heterocycles. The normalized spacial score (nSPS) is 10.0. The van der Waals surface area contributed by atoms with Gasteiger partial charge in [0, 0.05) is 5.02 Å². The lowest BCUT2D eigenvalue weighted by Crippen LogP contribution is -2.47. The summed E-state index contributed by atoms with van der Waals surface area (Å²) >= 11 is 11.7. The second-order valence-corrected chi connectivity index (χ2v) is 5.97. The fraction of sp³-hybridized carbons (Fsp3) is 0.176. The van der Waals surface area contributed by atoms with Crippen molar-refractivity contribution in [2.24, 2.45) is 0 Å². The SMILES string of the molecule is Cc1cccc(OCCNC(=O)NNC(=O)c2cc(Cl)ccc2Cl)c1. The van der Waals surface area contributed by atoms with E-state index in [1.807, 2.05) is 31.2 Å². The molecular weight excluding hydrogens is 365 g/mol. The van der Waals surface area contributed by atoms with Crippen molar-refractivity contribution in [2.75, 3.05) is 13.2 Å². The molecule has 2 aromatic carbocycles. The van der Waals surface area contributed by atoms with Gasteiger partial charge in [-0.1, -0.05) is 35.3 Å². The quantitative estimate of drug-likeness (QED) is 0.548. The third kappa shape index (κ3) is 6.17. The van der Waals surface area contributed by atoms with Gasteiger partial charge >= 0.3 is 6.03 Å². The van der Waals surface area contributed by atoms with E-state index >= 15 is 0 Å². The topological polar surface area (TPSA) is 79.5 Å². The molecule has 3 N–H and O–H groups in total. The molecule has 3 amide bonds. The van der Waals surface area contributed by atoms with Crippen LogP contribution < -0.4 is 20.9 Å². The van der Waals surface area contributed by atoms with Crippen molar-refractivity contribution in [3.63, 3.8) is 0 Å². The minimum atomic E-state index is -0.571. The van der Waals surface area contributed by atoms with Gasteiger partial charge in [0.05, 0.1) is 17.1 Å². The molecule has 0 aliphatic carbocycles. The Kier molecular flexibility index (Phi) is 6.91. The van der Waals surface area contributed by atoms with E-state index in [0.717, 1.165) is 11.3 Å². The molecule has 6 nitrogen and oxygen atoms in total. The highest BCUT2D eigenvalue weighted by molar-refractivity contribution is 6.35. The van der Waals surface area contributed by atoms with Crippen LogP contribution in [0.15, 0.2) is 42.5 Å². The average Bonchev–Trinajstić information content (AvgIpc) is 2.59. The highest BCUT2D eigenvalue weighted by Crippen LogP contribution is 2.20. The molecule has 2 aromatic rings. The second kappa shape index (κ2) is 9.15. The Balaban J connectivity index is 1.70. The lowest BCUT2D eigenvalue weighted by molar-refractivity contribution is 0.0936. The Morgan fingerprint density at radius 2 is 1.88 bits per heavy atom. The van der Waals surface area contributed by atoms with Gasteiger partial charge in [-0.05, 0) is 42.8 Å². The summed E-state index contributed by atoms with van der Waals surface area (Å²) in [7, 11) is 0. The zero-order valence-corrected chi connectivity index (χ0v) is 14.9. The molecule has 0 aliphatic heterocycles. The van der Waals surface area contributed by atoms with Gasteiger partial charge in [-0.25, -0.2) is 10.2 Å². The van der Waals surface area contributed by atoms with Crippen molar-refractivity contribution in [2.45, 2.75) is 6.92 Å². The van der Waals surface area contributed by atoms with Crippen LogP contribution in [0.3, 0.4) is 0 Å². The Morgan fingerprint density at radius 1 is 1.08 bits per heavy atom. The van der Waals surface area contributed by atoms with Crippen molar-refractivity contribution in [1.29, 1.82) is 0 Å². The first-order valence-electron chi connectivity index (χ1n) is 7.44. The number of hydrogen-bond donors (Lipinski definition) is 3. The van der Waals surface area contributed by atoms with Crippen molar-refractivity contribution >= 4 is 35.1 Å². The summed E-state index contributed by atoms with van der Waals surface area (Å²) < 4.78 is 5.50. The first-order chi connectivity index (χ1) is 12.0. The summed E-state index contributed by atoms with van der Waals surface area (Å²) in [5, 5.41) is 3.15. The summed E-state index contributed by atoms with van der Waals surface area (Å²) in [4.78, 5) is 23.6. The van der Waals surface area contributed by atoms with E-state index in [9.17, 15) is 9.59 Å². The number of hydrazine groups is 1. The summed E-state index contributed by atoms with van der Waals surface area (Å²) in [5.41, 5.74) is 5.73. The minimum absolute atomic E-state index is 0.164. The minimum Gasteiger partial charge on any atom is -0.492 e. The largest absolute Gasteiger partial charge is 0.492 e. The molecule has 8 heteroatoms. The molecule has 0 unspecified atom stereocenters. The van der Waals surface area contributed by atoms with Gasteiger partial charge in [-0.3, -0.25) is 10.2 Å². The molecule has 0 saturated carbocycles. The van der Waals surface area contributed by atoms with Crippen LogP contribution in [0.1, 0.15) is 15.9 Å². The van der Waals surface area contributed by atoms with Crippen LogP contribution in [-0.4, -0.2) is 25.1 Å². The molecule has 132 valence electrons. The molecule has 0 heterocycles. The molecular formula is C17H17Cl2N3O3. The Hall–Kier alpha value is -2.44. The fourth-order valence-corrected chi connectivity index (χ4v) is 2.31. The molecule has 0 spiro atoms. The average molecular weight is 382 g/mol. The van der Waals surface area contributed by atoms with Gasteiger partial charge in [0.25, 0.3) is 5.91 Å². The number of hydrogen-bond acceptors (Lipinski definition) is 3. The number of carbonyl (C=O) groups excluding carboxylic acids is 2. The van der Waals surface area contributed by atoms with E-state index in [1.165, 1.54) is 12.1 Å². The highest BCUT2D eigenvalue weighted by atomic mass is 35.5. The fourth-order valence-electron chi connectivity index (χ4n) is 1.94. The van der Waals surface area contributed by atoms with Crippen LogP contribution in [0, 0.1) is 6.92 Å². The maximum Gasteiger partial charge on any atom is 0.333 e. The maximum absolute atomic E-state index is 11.9. The van der Waals surface area contributed by atoms with Crippen LogP contribution in [0.4, 0.5) is 4.79 Å². The van der Waals surface area contributed by atoms with Gasteiger partial charge in [0.2, 0.25) is 0 Å². The first kappa shape index (κ1) is 18.9. The number of carbonyl (C=O) groups is 2. The van der Waals surface area contributed by atoms with Gasteiger partial charge in [0.15, 0.2) is 0 Å². The molecule has 0 atom stereocenters. The predicted octanol–water partition coefficient (Wildman–Crippen LogP) is 3.32. The van der Waals surface area contributed by atoms with Crippen LogP contribution in [0.2, 0.25) is 10.0 Å². The number of urea groups is 1. The predicted molar refractivity (Wildman–Crippen MR) is 97.1 cm³/mol. The lowest BCUT2D eigenvalue weighted by atomic mass is 10.2. The molecule has 0 fully saturated rings. The molecule has 0 aliphatic rings. The first-order valence-corrected chi connectivity index (χ1v) is 8.20. The van der Waals surface area contributed by atoms with E-state index in [0.29, 0.717) is 11.6 Å². The summed E-state index contributed by atoms with van der Waals surface area (Å²) in [5.74, 6) is 0.157.